The van der Waals surface area contributed by atoms with E-state index in [-0.39, 0.29) is 13.2 Å². The molecule has 6 heteroatoms. The predicted molar refractivity (Wildman–Crippen MR) is 90.3 cm³/mol. The van der Waals surface area contributed by atoms with E-state index in [1.807, 2.05) is 48.5 Å². The molecule has 0 N–H and O–H groups in total. The van der Waals surface area contributed by atoms with Gasteiger partial charge in [0.2, 0.25) is 0 Å². The van der Waals surface area contributed by atoms with Crippen molar-refractivity contribution in [1.82, 2.24) is 0 Å². The molecule has 0 heterocycles. The molecule has 0 atom stereocenters. The normalized spacial score (nSPS) is 10.4. The molecule has 0 aliphatic carbocycles. The molecule has 0 unspecified atom stereocenters. The van der Waals surface area contributed by atoms with E-state index in [0.717, 1.165) is 11.1 Å². The van der Waals surface area contributed by atoms with Gasteiger partial charge in [0.15, 0.2) is 13.2 Å². The minimum Gasteiger partial charge on any atom is -0.478 e. The molecule has 118 valence electrons. The molecule has 0 amide bonds. The van der Waals surface area contributed by atoms with E-state index in [0.29, 0.717) is 11.5 Å². The Morgan fingerprint density at radius 2 is 1.17 bits per heavy atom. The molecular formula is C18H14N4O2. The number of rotatable bonds is 7. The van der Waals surface area contributed by atoms with E-state index >= 15 is 0 Å². The Bertz CT molecular complexity index is 747. The van der Waals surface area contributed by atoms with Crippen molar-refractivity contribution in [3.8, 4) is 23.6 Å². The smallest absolute Gasteiger partial charge is 0.174 e. The van der Waals surface area contributed by atoms with Crippen LogP contribution in [-0.4, -0.2) is 25.6 Å². The Morgan fingerprint density at radius 1 is 0.750 bits per heavy atom. The Labute approximate surface area is 139 Å². The van der Waals surface area contributed by atoms with Crippen molar-refractivity contribution in [2.75, 3.05) is 13.2 Å². The van der Waals surface area contributed by atoms with Gasteiger partial charge in [0.1, 0.15) is 23.6 Å². The highest BCUT2D eigenvalue weighted by Gasteiger charge is 2.00. The van der Waals surface area contributed by atoms with Crippen LogP contribution in [0.25, 0.3) is 0 Å². The first-order valence-corrected chi connectivity index (χ1v) is 7.09. The maximum atomic E-state index is 8.58. The van der Waals surface area contributed by atoms with Gasteiger partial charge in [-0.1, -0.05) is 24.3 Å². The van der Waals surface area contributed by atoms with E-state index in [1.54, 1.807) is 24.6 Å². The minimum absolute atomic E-state index is 0.0300. The van der Waals surface area contributed by atoms with E-state index in [1.165, 1.54) is 0 Å². The van der Waals surface area contributed by atoms with Gasteiger partial charge >= 0.3 is 0 Å². The van der Waals surface area contributed by atoms with Crippen LogP contribution in [-0.2, 0) is 0 Å². The first kappa shape index (κ1) is 16.7. The van der Waals surface area contributed by atoms with Crippen molar-refractivity contribution in [2.24, 2.45) is 10.2 Å². The SMILES string of the molecule is N#CCOc1ccccc1C=NN=Cc1ccccc1OCC#N. The van der Waals surface area contributed by atoms with Gasteiger partial charge in [0.25, 0.3) is 0 Å². The molecule has 2 aromatic rings. The summed E-state index contributed by atoms with van der Waals surface area (Å²) in [6, 6.07) is 18.3. The first-order chi connectivity index (χ1) is 11.8. The van der Waals surface area contributed by atoms with Crippen LogP contribution in [0.4, 0.5) is 0 Å². The maximum absolute atomic E-state index is 8.58. The first-order valence-electron chi connectivity index (χ1n) is 7.09. The van der Waals surface area contributed by atoms with E-state index < -0.39 is 0 Å². The van der Waals surface area contributed by atoms with Crippen LogP contribution >= 0.6 is 0 Å². The summed E-state index contributed by atoms with van der Waals surface area (Å²) in [7, 11) is 0. The van der Waals surface area contributed by atoms with Crippen LogP contribution in [0.15, 0.2) is 58.7 Å². The number of nitriles is 2. The topological polar surface area (TPSA) is 90.8 Å². The third-order valence-corrected chi connectivity index (χ3v) is 2.88. The van der Waals surface area contributed by atoms with E-state index in [2.05, 4.69) is 10.2 Å². The Hall–Kier alpha value is -3.64. The van der Waals surface area contributed by atoms with E-state index in [4.69, 9.17) is 20.0 Å². The molecule has 0 spiro atoms. The van der Waals surface area contributed by atoms with Crippen molar-refractivity contribution >= 4 is 12.4 Å². The van der Waals surface area contributed by atoms with Gasteiger partial charge < -0.3 is 9.47 Å². The second-order valence-electron chi connectivity index (χ2n) is 4.46. The molecule has 0 fully saturated rings. The molecule has 24 heavy (non-hydrogen) atoms. The summed E-state index contributed by atoms with van der Waals surface area (Å²) >= 11 is 0. The molecular weight excluding hydrogens is 304 g/mol. The lowest BCUT2D eigenvalue weighted by Crippen LogP contribution is -1.97. The van der Waals surface area contributed by atoms with Gasteiger partial charge in [-0.3, -0.25) is 0 Å². The maximum Gasteiger partial charge on any atom is 0.174 e. The number of benzene rings is 2. The van der Waals surface area contributed by atoms with Crippen LogP contribution in [0.3, 0.4) is 0 Å². The fourth-order valence-corrected chi connectivity index (χ4v) is 1.85. The molecule has 0 bridgehead atoms. The van der Waals surface area contributed by atoms with Crippen molar-refractivity contribution in [1.29, 1.82) is 10.5 Å². The summed E-state index contributed by atoms with van der Waals surface area (Å²) in [5.41, 5.74) is 1.44. The predicted octanol–water partition coefficient (Wildman–Crippen LogP) is 2.94. The molecule has 0 aromatic heterocycles. The summed E-state index contributed by atoms with van der Waals surface area (Å²) in [6.45, 7) is -0.0601. The number of nitrogens with zero attached hydrogens (tertiary/aromatic N) is 4. The second-order valence-corrected chi connectivity index (χ2v) is 4.46. The summed E-state index contributed by atoms with van der Waals surface area (Å²) in [5.74, 6) is 1.13. The fourth-order valence-electron chi connectivity index (χ4n) is 1.85. The molecule has 0 saturated carbocycles. The van der Waals surface area contributed by atoms with Gasteiger partial charge in [0, 0.05) is 11.1 Å². The molecule has 0 saturated heterocycles. The Morgan fingerprint density at radius 3 is 1.58 bits per heavy atom. The number of ether oxygens (including phenoxy) is 2. The van der Waals surface area contributed by atoms with Crippen molar-refractivity contribution in [2.45, 2.75) is 0 Å². The van der Waals surface area contributed by atoms with E-state index in [9.17, 15) is 0 Å². The van der Waals surface area contributed by atoms with Crippen molar-refractivity contribution in [3.05, 3.63) is 59.7 Å². The lowest BCUT2D eigenvalue weighted by molar-refractivity contribution is 0.367. The average molecular weight is 318 g/mol. The quantitative estimate of drug-likeness (QED) is 0.579. The summed E-state index contributed by atoms with van der Waals surface area (Å²) < 4.78 is 10.6. The Balaban J connectivity index is 2.09. The van der Waals surface area contributed by atoms with Crippen LogP contribution in [0.2, 0.25) is 0 Å². The zero-order chi connectivity index (χ0) is 17.0. The standard InChI is InChI=1S/C18H14N4O2/c19-9-11-23-17-7-3-1-5-15(17)13-21-22-14-16-6-2-4-8-18(16)24-12-10-20/h1-8,13-14H,11-12H2. The van der Waals surface area contributed by atoms with Gasteiger partial charge in [-0.2, -0.15) is 20.7 Å². The molecule has 6 nitrogen and oxygen atoms in total. The van der Waals surface area contributed by atoms with Gasteiger partial charge in [-0.25, -0.2) is 0 Å². The van der Waals surface area contributed by atoms with Crippen molar-refractivity contribution < 1.29 is 9.47 Å². The lowest BCUT2D eigenvalue weighted by atomic mass is 10.2. The number of hydrogen-bond donors (Lipinski definition) is 0. The lowest BCUT2D eigenvalue weighted by Gasteiger charge is -2.04. The summed E-state index contributed by atoms with van der Waals surface area (Å²) in [4.78, 5) is 0. The third kappa shape index (κ3) is 4.97. The third-order valence-electron chi connectivity index (χ3n) is 2.88. The monoisotopic (exact) mass is 318 g/mol. The van der Waals surface area contributed by atoms with Crippen LogP contribution in [0.1, 0.15) is 11.1 Å². The summed E-state index contributed by atoms with van der Waals surface area (Å²) in [6.07, 6.45) is 3.09. The van der Waals surface area contributed by atoms with Crippen LogP contribution in [0, 0.1) is 22.7 Å². The average Bonchev–Trinajstić information content (AvgIpc) is 2.63. The molecule has 0 aliphatic heterocycles. The zero-order valence-electron chi connectivity index (χ0n) is 12.8. The highest BCUT2D eigenvalue weighted by molar-refractivity contribution is 5.86. The molecule has 0 radical (unpaired) electrons. The minimum atomic E-state index is -0.0300. The summed E-state index contributed by atoms with van der Waals surface area (Å²) in [5, 5.41) is 25.1. The zero-order valence-corrected chi connectivity index (χ0v) is 12.8. The largest absolute Gasteiger partial charge is 0.478 e. The highest BCUT2D eigenvalue weighted by atomic mass is 16.5. The van der Waals surface area contributed by atoms with Gasteiger partial charge in [-0.15, -0.1) is 0 Å². The number of hydrogen-bond acceptors (Lipinski definition) is 6. The number of para-hydroxylation sites is 2. The van der Waals surface area contributed by atoms with Crippen molar-refractivity contribution in [3.63, 3.8) is 0 Å². The molecule has 0 aliphatic rings. The Kier molecular flexibility index (Phi) is 6.55. The fraction of sp³-hybridized carbons (Fsp3) is 0.111. The highest BCUT2D eigenvalue weighted by Crippen LogP contribution is 2.17. The molecule has 2 aromatic carbocycles. The van der Waals surface area contributed by atoms with Gasteiger partial charge in [-0.05, 0) is 24.3 Å². The van der Waals surface area contributed by atoms with Gasteiger partial charge in [0.05, 0.1) is 12.4 Å². The second kappa shape index (κ2) is 9.39. The van der Waals surface area contributed by atoms with Crippen LogP contribution in [0.5, 0.6) is 11.5 Å². The molecule has 2 rings (SSSR count). The van der Waals surface area contributed by atoms with Crippen LogP contribution < -0.4 is 9.47 Å².